The molecule has 136 valence electrons. The highest BCUT2D eigenvalue weighted by Gasteiger charge is 2.31. The van der Waals surface area contributed by atoms with Crippen LogP contribution in [0.25, 0.3) is 0 Å². The van der Waals surface area contributed by atoms with Gasteiger partial charge in [-0.1, -0.05) is 12.8 Å². The summed E-state index contributed by atoms with van der Waals surface area (Å²) in [6.45, 7) is 2.90. The highest BCUT2D eigenvalue weighted by molar-refractivity contribution is 9.10. The maximum atomic E-state index is 13.2. The maximum Gasteiger partial charge on any atom is 0.255 e. The predicted octanol–water partition coefficient (Wildman–Crippen LogP) is 3.84. The van der Waals surface area contributed by atoms with Crippen molar-refractivity contribution in [2.24, 2.45) is 5.92 Å². The van der Waals surface area contributed by atoms with Gasteiger partial charge < -0.3 is 9.80 Å². The minimum Gasteiger partial charge on any atom is -0.342 e. The fraction of sp³-hybridized carbons (Fsp3) is 0.579. The SMILES string of the molecule is O=C(c1ccc(F)cc1Br)N1CCC(C(=O)N2CCCCCC2)CC1. The molecule has 0 aromatic heterocycles. The lowest BCUT2D eigenvalue weighted by molar-refractivity contribution is -0.136. The number of hydrogen-bond acceptors (Lipinski definition) is 2. The van der Waals surface area contributed by atoms with Gasteiger partial charge in [-0.3, -0.25) is 9.59 Å². The fourth-order valence-corrected chi connectivity index (χ4v) is 4.23. The second-order valence-electron chi connectivity index (χ2n) is 6.93. The van der Waals surface area contributed by atoms with Crippen molar-refractivity contribution in [3.05, 3.63) is 34.1 Å². The third-order valence-corrected chi connectivity index (χ3v) is 5.87. The Hall–Kier alpha value is -1.43. The molecule has 4 nitrogen and oxygen atoms in total. The molecule has 0 saturated carbocycles. The third-order valence-electron chi connectivity index (χ3n) is 5.21. The summed E-state index contributed by atoms with van der Waals surface area (Å²) < 4.78 is 13.7. The summed E-state index contributed by atoms with van der Waals surface area (Å²) in [5, 5.41) is 0. The fourth-order valence-electron chi connectivity index (χ4n) is 3.71. The van der Waals surface area contributed by atoms with Gasteiger partial charge in [0.15, 0.2) is 0 Å². The van der Waals surface area contributed by atoms with Crippen molar-refractivity contribution in [1.29, 1.82) is 0 Å². The molecule has 2 fully saturated rings. The Balaban J connectivity index is 1.57. The van der Waals surface area contributed by atoms with Crippen LogP contribution in [0.5, 0.6) is 0 Å². The van der Waals surface area contributed by atoms with Gasteiger partial charge in [-0.25, -0.2) is 4.39 Å². The molecule has 0 N–H and O–H groups in total. The van der Waals surface area contributed by atoms with E-state index in [9.17, 15) is 14.0 Å². The smallest absolute Gasteiger partial charge is 0.255 e. The van der Waals surface area contributed by atoms with Crippen LogP contribution in [0, 0.1) is 11.7 Å². The van der Waals surface area contributed by atoms with Crippen molar-refractivity contribution in [2.75, 3.05) is 26.2 Å². The number of piperidine rings is 1. The van der Waals surface area contributed by atoms with Crippen LogP contribution in [-0.4, -0.2) is 47.8 Å². The zero-order valence-electron chi connectivity index (χ0n) is 14.3. The first-order chi connectivity index (χ1) is 12.1. The van der Waals surface area contributed by atoms with Gasteiger partial charge in [-0.05, 0) is 59.8 Å². The largest absolute Gasteiger partial charge is 0.342 e. The molecule has 1 aromatic carbocycles. The van der Waals surface area contributed by atoms with Gasteiger partial charge in [0.05, 0.1) is 5.56 Å². The minimum atomic E-state index is -0.370. The summed E-state index contributed by atoms with van der Waals surface area (Å²) in [5.74, 6) is -0.187. The van der Waals surface area contributed by atoms with Crippen LogP contribution >= 0.6 is 15.9 Å². The Labute approximate surface area is 156 Å². The number of carbonyl (C=O) groups excluding carboxylic acids is 2. The second kappa shape index (κ2) is 8.30. The van der Waals surface area contributed by atoms with Crippen molar-refractivity contribution >= 4 is 27.7 Å². The lowest BCUT2D eigenvalue weighted by Crippen LogP contribution is -2.44. The van der Waals surface area contributed by atoms with Gasteiger partial charge >= 0.3 is 0 Å². The van der Waals surface area contributed by atoms with Gasteiger partial charge in [-0.15, -0.1) is 0 Å². The molecule has 0 atom stereocenters. The summed E-state index contributed by atoms with van der Waals surface area (Å²) in [7, 11) is 0. The molecule has 2 saturated heterocycles. The van der Waals surface area contributed by atoms with Crippen LogP contribution in [0.4, 0.5) is 4.39 Å². The summed E-state index contributed by atoms with van der Waals surface area (Å²) in [5.41, 5.74) is 0.471. The normalized spacial score (nSPS) is 19.6. The summed E-state index contributed by atoms with van der Waals surface area (Å²) in [4.78, 5) is 29.1. The van der Waals surface area contributed by atoms with E-state index in [2.05, 4.69) is 15.9 Å². The Morgan fingerprint density at radius 1 is 0.960 bits per heavy atom. The summed E-state index contributed by atoms with van der Waals surface area (Å²) >= 11 is 3.26. The summed E-state index contributed by atoms with van der Waals surface area (Å²) in [6, 6.07) is 4.12. The molecule has 0 spiro atoms. The highest BCUT2D eigenvalue weighted by Crippen LogP contribution is 2.25. The first-order valence-electron chi connectivity index (χ1n) is 9.09. The van der Waals surface area contributed by atoms with E-state index < -0.39 is 0 Å². The van der Waals surface area contributed by atoms with E-state index in [1.165, 1.54) is 31.0 Å². The molecule has 25 heavy (non-hydrogen) atoms. The van der Waals surface area contributed by atoms with E-state index in [-0.39, 0.29) is 23.5 Å². The Kier molecular flexibility index (Phi) is 6.10. The monoisotopic (exact) mass is 410 g/mol. The Morgan fingerprint density at radius 3 is 2.20 bits per heavy atom. The third kappa shape index (κ3) is 4.40. The maximum absolute atomic E-state index is 13.2. The molecule has 2 aliphatic rings. The molecule has 0 radical (unpaired) electrons. The number of amides is 2. The molecule has 3 rings (SSSR count). The van der Waals surface area contributed by atoms with E-state index in [0.717, 1.165) is 25.9 Å². The van der Waals surface area contributed by atoms with E-state index >= 15 is 0 Å². The number of nitrogens with zero attached hydrogens (tertiary/aromatic N) is 2. The lowest BCUT2D eigenvalue weighted by Gasteiger charge is -2.34. The van der Waals surface area contributed by atoms with Crippen molar-refractivity contribution in [3.63, 3.8) is 0 Å². The average molecular weight is 411 g/mol. The van der Waals surface area contributed by atoms with Gasteiger partial charge in [0.25, 0.3) is 5.91 Å². The zero-order chi connectivity index (χ0) is 17.8. The molecule has 0 aliphatic carbocycles. The molecular formula is C19H24BrFN2O2. The van der Waals surface area contributed by atoms with E-state index in [4.69, 9.17) is 0 Å². The van der Waals surface area contributed by atoms with Crippen molar-refractivity contribution in [1.82, 2.24) is 9.80 Å². The standard InChI is InChI=1S/C19H24BrFN2O2/c20-17-13-15(21)5-6-16(17)19(25)23-11-7-14(8-12-23)18(24)22-9-3-1-2-4-10-22/h5-6,13-14H,1-4,7-12H2. The predicted molar refractivity (Wildman–Crippen MR) is 97.8 cm³/mol. The van der Waals surface area contributed by atoms with E-state index in [1.807, 2.05) is 4.90 Å². The molecule has 2 heterocycles. The average Bonchev–Trinajstić information content (AvgIpc) is 2.90. The van der Waals surface area contributed by atoms with Crippen molar-refractivity contribution in [2.45, 2.75) is 38.5 Å². The number of hydrogen-bond donors (Lipinski definition) is 0. The van der Waals surface area contributed by atoms with E-state index in [1.54, 1.807) is 4.90 Å². The van der Waals surface area contributed by atoms with E-state index in [0.29, 0.717) is 36.0 Å². The van der Waals surface area contributed by atoms with Gasteiger partial charge in [-0.2, -0.15) is 0 Å². The topological polar surface area (TPSA) is 40.6 Å². The molecular weight excluding hydrogens is 387 g/mol. The number of halogens is 2. The second-order valence-corrected chi connectivity index (χ2v) is 7.78. The lowest BCUT2D eigenvalue weighted by atomic mass is 9.94. The number of carbonyl (C=O) groups is 2. The van der Waals surface area contributed by atoms with Crippen LogP contribution in [0.3, 0.4) is 0 Å². The van der Waals surface area contributed by atoms with Crippen LogP contribution < -0.4 is 0 Å². The first-order valence-corrected chi connectivity index (χ1v) is 9.88. The van der Waals surface area contributed by atoms with Crippen LogP contribution in [-0.2, 0) is 4.79 Å². The summed E-state index contributed by atoms with van der Waals surface area (Å²) in [6.07, 6.45) is 6.04. The van der Waals surface area contributed by atoms with Gasteiger partial charge in [0.1, 0.15) is 5.82 Å². The zero-order valence-corrected chi connectivity index (χ0v) is 15.9. The highest BCUT2D eigenvalue weighted by atomic mass is 79.9. The van der Waals surface area contributed by atoms with Crippen LogP contribution in [0.1, 0.15) is 48.9 Å². The molecule has 1 aromatic rings. The Bertz CT molecular complexity index is 636. The van der Waals surface area contributed by atoms with Crippen molar-refractivity contribution < 1.29 is 14.0 Å². The quantitative estimate of drug-likeness (QED) is 0.742. The molecule has 2 aliphatic heterocycles. The molecule has 6 heteroatoms. The Morgan fingerprint density at radius 2 is 1.60 bits per heavy atom. The van der Waals surface area contributed by atoms with Gasteiger partial charge in [0, 0.05) is 36.6 Å². The van der Waals surface area contributed by atoms with Gasteiger partial charge in [0.2, 0.25) is 5.91 Å². The minimum absolute atomic E-state index is 0.0267. The molecule has 0 unspecified atom stereocenters. The number of benzene rings is 1. The van der Waals surface area contributed by atoms with Crippen LogP contribution in [0.2, 0.25) is 0 Å². The first kappa shape index (κ1) is 18.4. The number of likely N-dealkylation sites (tertiary alicyclic amines) is 2. The van der Waals surface area contributed by atoms with Crippen LogP contribution in [0.15, 0.2) is 22.7 Å². The molecule has 2 amide bonds. The number of rotatable bonds is 2. The van der Waals surface area contributed by atoms with Crippen molar-refractivity contribution in [3.8, 4) is 0 Å². The molecule has 0 bridgehead atoms.